The molecule has 0 saturated heterocycles. The second kappa shape index (κ2) is 10.5. The van der Waals surface area contributed by atoms with Crippen molar-refractivity contribution in [1.82, 2.24) is 0 Å². The van der Waals surface area contributed by atoms with Gasteiger partial charge in [-0.25, -0.2) is 4.79 Å². The fourth-order valence-electron chi connectivity index (χ4n) is 3.69. The standard InChI is InChI=1S/C25H22Cl2O4S/c26-18-7-6-17(22(27)12-18)13-30-19-8-4-16(5-9-19)15-32-24-11-10-23(31-14-25(28)29)20-2-1-3-21(20)24/h4-12H,1-3,13-15H2,(H,28,29). The molecule has 0 aliphatic heterocycles. The SMILES string of the molecule is O=C(O)COc1ccc(SCc2ccc(OCc3ccc(Cl)cc3Cl)cc2)c2c1CCC2. The van der Waals surface area contributed by atoms with Crippen molar-refractivity contribution in [2.75, 3.05) is 6.61 Å². The summed E-state index contributed by atoms with van der Waals surface area (Å²) in [6.45, 7) is 0.0735. The van der Waals surface area contributed by atoms with E-state index in [1.54, 1.807) is 23.9 Å². The lowest BCUT2D eigenvalue weighted by atomic mass is 10.1. The van der Waals surface area contributed by atoms with Crippen LogP contribution in [-0.4, -0.2) is 17.7 Å². The van der Waals surface area contributed by atoms with E-state index < -0.39 is 5.97 Å². The summed E-state index contributed by atoms with van der Waals surface area (Å²) in [6.07, 6.45) is 3.00. The summed E-state index contributed by atoms with van der Waals surface area (Å²) in [5.41, 5.74) is 4.53. The average Bonchev–Trinajstić information content (AvgIpc) is 3.27. The average molecular weight is 489 g/mol. The molecule has 0 heterocycles. The highest BCUT2D eigenvalue weighted by Gasteiger charge is 2.20. The van der Waals surface area contributed by atoms with Crippen LogP contribution in [0.15, 0.2) is 59.5 Å². The van der Waals surface area contributed by atoms with Crippen LogP contribution in [0.5, 0.6) is 11.5 Å². The van der Waals surface area contributed by atoms with Crippen LogP contribution < -0.4 is 9.47 Å². The van der Waals surface area contributed by atoms with Gasteiger partial charge in [-0.05, 0) is 72.4 Å². The van der Waals surface area contributed by atoms with Gasteiger partial charge < -0.3 is 14.6 Å². The number of carbonyl (C=O) groups is 1. The Morgan fingerprint density at radius 2 is 1.75 bits per heavy atom. The van der Waals surface area contributed by atoms with Crippen molar-refractivity contribution in [1.29, 1.82) is 0 Å². The summed E-state index contributed by atoms with van der Waals surface area (Å²) in [4.78, 5) is 12.0. The summed E-state index contributed by atoms with van der Waals surface area (Å²) in [7, 11) is 0. The predicted molar refractivity (Wildman–Crippen MR) is 128 cm³/mol. The minimum absolute atomic E-state index is 0.308. The van der Waals surface area contributed by atoms with E-state index in [1.165, 1.54) is 16.0 Å². The molecule has 0 fully saturated rings. The highest BCUT2D eigenvalue weighted by molar-refractivity contribution is 7.98. The maximum Gasteiger partial charge on any atom is 0.341 e. The molecule has 0 aromatic heterocycles. The smallest absolute Gasteiger partial charge is 0.341 e. The highest BCUT2D eigenvalue weighted by atomic mass is 35.5. The van der Waals surface area contributed by atoms with Gasteiger partial charge in [0.15, 0.2) is 6.61 Å². The van der Waals surface area contributed by atoms with Crippen molar-refractivity contribution in [2.24, 2.45) is 0 Å². The number of benzene rings is 3. The minimum Gasteiger partial charge on any atom is -0.489 e. The van der Waals surface area contributed by atoms with Crippen molar-refractivity contribution in [2.45, 2.75) is 36.5 Å². The summed E-state index contributed by atoms with van der Waals surface area (Å²) >= 11 is 13.9. The molecule has 1 N–H and O–H groups in total. The van der Waals surface area contributed by atoms with E-state index >= 15 is 0 Å². The Balaban J connectivity index is 1.35. The van der Waals surface area contributed by atoms with Crippen molar-refractivity contribution < 1.29 is 19.4 Å². The first-order chi connectivity index (χ1) is 15.5. The maximum absolute atomic E-state index is 10.8. The van der Waals surface area contributed by atoms with E-state index in [4.69, 9.17) is 37.8 Å². The van der Waals surface area contributed by atoms with Gasteiger partial charge in [-0.2, -0.15) is 0 Å². The lowest BCUT2D eigenvalue weighted by molar-refractivity contribution is -0.139. The molecule has 166 valence electrons. The normalized spacial score (nSPS) is 12.4. The molecule has 32 heavy (non-hydrogen) atoms. The largest absolute Gasteiger partial charge is 0.489 e. The first-order valence-corrected chi connectivity index (χ1v) is 12.0. The molecular weight excluding hydrogens is 467 g/mol. The molecule has 0 unspecified atom stereocenters. The first-order valence-electron chi connectivity index (χ1n) is 10.3. The van der Waals surface area contributed by atoms with E-state index in [1.807, 2.05) is 30.3 Å². The van der Waals surface area contributed by atoms with Gasteiger partial charge in [0.05, 0.1) is 0 Å². The molecule has 4 nitrogen and oxygen atoms in total. The third kappa shape index (κ3) is 5.71. The molecule has 3 aromatic rings. The van der Waals surface area contributed by atoms with Crippen molar-refractivity contribution >= 4 is 40.9 Å². The topological polar surface area (TPSA) is 55.8 Å². The monoisotopic (exact) mass is 488 g/mol. The molecule has 1 aliphatic rings. The molecular formula is C25H22Cl2O4S. The molecule has 7 heteroatoms. The summed E-state index contributed by atoms with van der Waals surface area (Å²) in [5, 5.41) is 10.1. The van der Waals surface area contributed by atoms with Gasteiger partial charge in [0.1, 0.15) is 18.1 Å². The van der Waals surface area contributed by atoms with Crippen LogP contribution in [0.2, 0.25) is 10.0 Å². The minimum atomic E-state index is -0.959. The number of thioether (sulfide) groups is 1. The van der Waals surface area contributed by atoms with Crippen molar-refractivity contribution in [3.63, 3.8) is 0 Å². The molecule has 0 bridgehead atoms. The fourth-order valence-corrected chi connectivity index (χ4v) is 5.23. The first kappa shape index (κ1) is 22.8. The van der Waals surface area contributed by atoms with Crippen LogP contribution in [0.25, 0.3) is 0 Å². The van der Waals surface area contributed by atoms with E-state index in [0.29, 0.717) is 22.4 Å². The number of rotatable bonds is 9. The lowest BCUT2D eigenvalue weighted by Gasteiger charge is -2.13. The van der Waals surface area contributed by atoms with Gasteiger partial charge in [0.2, 0.25) is 0 Å². The molecule has 0 radical (unpaired) electrons. The summed E-state index contributed by atoms with van der Waals surface area (Å²) in [6, 6.07) is 17.4. The van der Waals surface area contributed by atoms with E-state index in [2.05, 4.69) is 12.1 Å². The Morgan fingerprint density at radius 3 is 2.50 bits per heavy atom. The molecule has 0 amide bonds. The van der Waals surface area contributed by atoms with Crippen LogP contribution in [0.4, 0.5) is 0 Å². The van der Waals surface area contributed by atoms with Crippen LogP contribution >= 0.6 is 35.0 Å². The number of halogens is 2. The zero-order chi connectivity index (χ0) is 22.5. The van der Waals surface area contributed by atoms with Crippen LogP contribution in [0, 0.1) is 0 Å². The van der Waals surface area contributed by atoms with Gasteiger partial charge in [-0.1, -0.05) is 41.4 Å². The van der Waals surface area contributed by atoms with Gasteiger partial charge in [-0.15, -0.1) is 11.8 Å². The Bertz CT molecular complexity index is 1120. The Hall–Kier alpha value is -2.34. The number of carboxylic acid groups (broad SMARTS) is 1. The molecule has 1 aliphatic carbocycles. The Labute approximate surface area is 201 Å². The third-order valence-corrected chi connectivity index (χ3v) is 7.04. The van der Waals surface area contributed by atoms with Gasteiger partial charge in [0, 0.05) is 26.3 Å². The Morgan fingerprint density at radius 1 is 0.969 bits per heavy atom. The van der Waals surface area contributed by atoms with Crippen molar-refractivity contribution in [3.8, 4) is 11.5 Å². The maximum atomic E-state index is 10.8. The van der Waals surface area contributed by atoms with Gasteiger partial charge in [0.25, 0.3) is 0 Å². The zero-order valence-corrected chi connectivity index (χ0v) is 19.6. The lowest BCUT2D eigenvalue weighted by Crippen LogP contribution is -2.10. The fraction of sp³-hybridized carbons (Fsp3) is 0.240. The number of carboxylic acids is 1. The highest BCUT2D eigenvalue weighted by Crippen LogP contribution is 2.38. The third-order valence-electron chi connectivity index (χ3n) is 5.28. The molecule has 0 saturated carbocycles. The second-order valence-corrected chi connectivity index (χ2v) is 9.37. The van der Waals surface area contributed by atoms with Crippen LogP contribution in [0.3, 0.4) is 0 Å². The molecule has 0 atom stereocenters. The molecule has 4 rings (SSSR count). The van der Waals surface area contributed by atoms with E-state index in [0.717, 1.165) is 41.9 Å². The zero-order valence-electron chi connectivity index (χ0n) is 17.3. The number of hydrogen-bond acceptors (Lipinski definition) is 4. The molecule has 0 spiro atoms. The van der Waals surface area contributed by atoms with E-state index in [9.17, 15) is 4.79 Å². The molecule has 3 aromatic carbocycles. The second-order valence-electron chi connectivity index (χ2n) is 7.51. The van der Waals surface area contributed by atoms with E-state index in [-0.39, 0.29) is 6.61 Å². The quantitative estimate of drug-likeness (QED) is 0.335. The number of ether oxygens (including phenoxy) is 2. The summed E-state index contributed by atoms with van der Waals surface area (Å²) < 4.78 is 11.3. The van der Waals surface area contributed by atoms with Crippen LogP contribution in [0.1, 0.15) is 28.7 Å². The van der Waals surface area contributed by atoms with Crippen molar-refractivity contribution in [3.05, 3.63) is 86.9 Å². The number of hydrogen-bond donors (Lipinski definition) is 1. The van der Waals surface area contributed by atoms with Crippen LogP contribution in [-0.2, 0) is 30.0 Å². The Kier molecular flexibility index (Phi) is 7.51. The van der Waals surface area contributed by atoms with Gasteiger partial charge >= 0.3 is 5.97 Å². The van der Waals surface area contributed by atoms with Gasteiger partial charge in [-0.3, -0.25) is 0 Å². The number of aliphatic carboxylic acids is 1. The predicted octanol–water partition coefficient (Wildman–Crippen LogP) is 6.82. The number of fused-ring (bicyclic) bond motifs is 1. The summed E-state index contributed by atoms with van der Waals surface area (Å²) in [5.74, 6) is 1.36.